The van der Waals surface area contributed by atoms with Crippen molar-refractivity contribution in [3.05, 3.63) is 35.9 Å². The van der Waals surface area contributed by atoms with Gasteiger partial charge in [-0.15, -0.1) is 0 Å². The molecule has 0 aromatic heterocycles. The molecule has 0 saturated carbocycles. The quantitative estimate of drug-likeness (QED) is 0.683. The lowest BCUT2D eigenvalue weighted by molar-refractivity contribution is -0.330. The van der Waals surface area contributed by atoms with Crippen LogP contribution in [0.4, 0.5) is 0 Å². The molecule has 0 spiro atoms. The van der Waals surface area contributed by atoms with E-state index in [0.29, 0.717) is 0 Å². The average Bonchev–Trinajstić information content (AvgIpc) is 2.51. The van der Waals surface area contributed by atoms with Gasteiger partial charge in [-0.3, -0.25) is 0 Å². The molecular formula is C14H18O6. The summed E-state index contributed by atoms with van der Waals surface area (Å²) in [5.74, 6) is 0. The maximum atomic E-state index is 10.1. The van der Waals surface area contributed by atoms with E-state index in [1.54, 1.807) is 0 Å². The first kappa shape index (κ1) is 13.9. The molecule has 1 aromatic carbocycles. The van der Waals surface area contributed by atoms with Gasteiger partial charge in [-0.1, -0.05) is 30.3 Å². The van der Waals surface area contributed by atoms with Gasteiger partial charge in [0.2, 0.25) is 0 Å². The van der Waals surface area contributed by atoms with E-state index in [0.717, 1.165) is 5.56 Å². The Hall–Kier alpha value is -1.02. The van der Waals surface area contributed by atoms with Crippen molar-refractivity contribution in [3.63, 3.8) is 0 Å². The Bertz CT molecular complexity index is 437. The first-order valence-corrected chi connectivity index (χ1v) is 6.65. The summed E-state index contributed by atoms with van der Waals surface area (Å²) >= 11 is 0. The Balaban J connectivity index is 1.74. The summed E-state index contributed by atoms with van der Waals surface area (Å²) in [7, 11) is 0. The maximum absolute atomic E-state index is 10.1. The number of hydrogen-bond donors (Lipinski definition) is 3. The second kappa shape index (κ2) is 5.77. The smallest absolute Gasteiger partial charge is 0.184 e. The Morgan fingerprint density at radius 3 is 2.50 bits per heavy atom. The van der Waals surface area contributed by atoms with E-state index in [1.165, 1.54) is 0 Å². The molecule has 2 fully saturated rings. The van der Waals surface area contributed by atoms with Crippen LogP contribution in [0.3, 0.4) is 0 Å². The standard InChI is InChI=1S/C14H18O6/c15-6-9-11(16)12(17)13-10(19-9)7-18-14(20-13)8-4-2-1-3-5-8/h1-5,9-17H,6-7H2/t9-,10+,11-,12-,13+,14?/m1/s1. The Morgan fingerprint density at radius 1 is 1.05 bits per heavy atom. The minimum Gasteiger partial charge on any atom is -0.394 e. The van der Waals surface area contributed by atoms with Crippen molar-refractivity contribution in [1.82, 2.24) is 0 Å². The minimum atomic E-state index is -1.17. The molecule has 0 aliphatic carbocycles. The summed E-state index contributed by atoms with van der Waals surface area (Å²) in [6.07, 6.45) is -4.85. The number of rotatable bonds is 2. The molecule has 6 heteroatoms. The van der Waals surface area contributed by atoms with Crippen LogP contribution < -0.4 is 0 Å². The summed E-state index contributed by atoms with van der Waals surface area (Å²) in [6, 6.07) is 9.38. The summed E-state index contributed by atoms with van der Waals surface area (Å²) in [5, 5.41) is 29.1. The minimum absolute atomic E-state index is 0.241. The SMILES string of the molecule is OC[C@H]1O[C@H]2COC(c3ccccc3)O[C@@H]2[C@H](O)[C@@H]1O. The molecule has 3 rings (SSSR count). The molecule has 6 nitrogen and oxygen atoms in total. The lowest BCUT2D eigenvalue weighted by Gasteiger charge is -2.46. The zero-order valence-electron chi connectivity index (χ0n) is 10.8. The predicted molar refractivity (Wildman–Crippen MR) is 67.8 cm³/mol. The fourth-order valence-corrected chi connectivity index (χ4v) is 2.62. The van der Waals surface area contributed by atoms with Crippen molar-refractivity contribution >= 4 is 0 Å². The second-order valence-corrected chi connectivity index (χ2v) is 5.05. The van der Waals surface area contributed by atoms with Crippen LogP contribution in [0.2, 0.25) is 0 Å². The highest BCUT2D eigenvalue weighted by atomic mass is 16.7. The molecule has 2 aliphatic heterocycles. The van der Waals surface area contributed by atoms with E-state index in [2.05, 4.69) is 0 Å². The topological polar surface area (TPSA) is 88.4 Å². The third-order valence-electron chi connectivity index (χ3n) is 3.73. The molecule has 2 heterocycles. The van der Waals surface area contributed by atoms with Crippen LogP contribution in [0.25, 0.3) is 0 Å². The van der Waals surface area contributed by atoms with Gasteiger partial charge < -0.3 is 29.5 Å². The van der Waals surface area contributed by atoms with Crippen molar-refractivity contribution in [3.8, 4) is 0 Å². The van der Waals surface area contributed by atoms with Gasteiger partial charge in [0.25, 0.3) is 0 Å². The third kappa shape index (κ3) is 2.46. The van der Waals surface area contributed by atoms with Gasteiger partial charge in [0.05, 0.1) is 13.2 Å². The fourth-order valence-electron chi connectivity index (χ4n) is 2.62. The van der Waals surface area contributed by atoms with Crippen molar-refractivity contribution < 1.29 is 29.5 Å². The summed E-state index contributed by atoms with van der Waals surface area (Å²) in [5.41, 5.74) is 0.844. The molecule has 0 radical (unpaired) electrons. The number of aliphatic hydroxyl groups excluding tert-OH is 3. The van der Waals surface area contributed by atoms with Gasteiger partial charge in [0.1, 0.15) is 30.5 Å². The lowest BCUT2D eigenvalue weighted by atomic mass is 9.94. The van der Waals surface area contributed by atoms with E-state index in [9.17, 15) is 10.2 Å². The monoisotopic (exact) mass is 282 g/mol. The van der Waals surface area contributed by atoms with Crippen molar-refractivity contribution in [2.45, 2.75) is 36.8 Å². The van der Waals surface area contributed by atoms with E-state index in [1.807, 2.05) is 30.3 Å². The Kier molecular flexibility index (Phi) is 4.02. The highest BCUT2D eigenvalue weighted by Crippen LogP contribution is 2.33. The Morgan fingerprint density at radius 2 is 1.80 bits per heavy atom. The highest BCUT2D eigenvalue weighted by molar-refractivity contribution is 5.16. The largest absolute Gasteiger partial charge is 0.394 e. The van der Waals surface area contributed by atoms with Crippen LogP contribution >= 0.6 is 0 Å². The summed E-state index contributed by atoms with van der Waals surface area (Å²) < 4.78 is 16.8. The van der Waals surface area contributed by atoms with Crippen LogP contribution in [0, 0.1) is 0 Å². The molecule has 0 bridgehead atoms. The molecule has 20 heavy (non-hydrogen) atoms. The highest BCUT2D eigenvalue weighted by Gasteiger charge is 2.48. The van der Waals surface area contributed by atoms with E-state index >= 15 is 0 Å². The second-order valence-electron chi connectivity index (χ2n) is 5.05. The van der Waals surface area contributed by atoms with Gasteiger partial charge in [-0.2, -0.15) is 0 Å². The zero-order chi connectivity index (χ0) is 14.1. The van der Waals surface area contributed by atoms with Crippen LogP contribution in [-0.4, -0.2) is 59.1 Å². The average molecular weight is 282 g/mol. The van der Waals surface area contributed by atoms with Crippen LogP contribution in [0.1, 0.15) is 11.9 Å². The van der Waals surface area contributed by atoms with Gasteiger partial charge in [-0.25, -0.2) is 0 Å². The Labute approximate surface area is 116 Å². The number of ether oxygens (including phenoxy) is 3. The lowest BCUT2D eigenvalue weighted by Crippen LogP contribution is -2.62. The van der Waals surface area contributed by atoms with Crippen molar-refractivity contribution in [1.29, 1.82) is 0 Å². The van der Waals surface area contributed by atoms with Crippen LogP contribution in [0.5, 0.6) is 0 Å². The predicted octanol–water partition coefficient (Wildman–Crippen LogP) is -0.418. The molecule has 2 aliphatic rings. The van der Waals surface area contributed by atoms with Gasteiger partial charge in [0, 0.05) is 5.56 Å². The number of aliphatic hydroxyl groups is 3. The zero-order valence-corrected chi connectivity index (χ0v) is 10.8. The number of fused-ring (bicyclic) bond motifs is 1. The molecular weight excluding hydrogens is 264 g/mol. The van der Waals surface area contributed by atoms with Crippen LogP contribution in [0.15, 0.2) is 30.3 Å². The van der Waals surface area contributed by atoms with Crippen molar-refractivity contribution in [2.75, 3.05) is 13.2 Å². The number of benzene rings is 1. The molecule has 1 aromatic rings. The summed E-state index contributed by atoms with van der Waals surface area (Å²) in [4.78, 5) is 0. The van der Waals surface area contributed by atoms with Crippen molar-refractivity contribution in [2.24, 2.45) is 0 Å². The van der Waals surface area contributed by atoms with Gasteiger partial charge in [-0.05, 0) is 0 Å². The summed E-state index contributed by atoms with van der Waals surface area (Å²) in [6.45, 7) is -0.117. The molecule has 2 saturated heterocycles. The van der Waals surface area contributed by atoms with Gasteiger partial charge >= 0.3 is 0 Å². The van der Waals surface area contributed by atoms with Crippen LogP contribution in [-0.2, 0) is 14.2 Å². The van der Waals surface area contributed by atoms with E-state index in [4.69, 9.17) is 19.3 Å². The first-order valence-electron chi connectivity index (χ1n) is 6.65. The number of hydrogen-bond acceptors (Lipinski definition) is 6. The molecule has 0 amide bonds. The van der Waals surface area contributed by atoms with E-state index < -0.39 is 36.8 Å². The molecule has 6 atom stereocenters. The first-order chi connectivity index (χ1) is 9.70. The third-order valence-corrected chi connectivity index (χ3v) is 3.73. The van der Waals surface area contributed by atoms with Gasteiger partial charge in [0.15, 0.2) is 6.29 Å². The fraction of sp³-hybridized carbons (Fsp3) is 0.571. The molecule has 110 valence electrons. The van der Waals surface area contributed by atoms with E-state index in [-0.39, 0.29) is 13.2 Å². The molecule has 1 unspecified atom stereocenters. The molecule has 3 N–H and O–H groups in total. The normalized spacial score (nSPS) is 41.1. The maximum Gasteiger partial charge on any atom is 0.184 e.